The zero-order valence-corrected chi connectivity index (χ0v) is 11.6. The van der Waals surface area contributed by atoms with Crippen molar-refractivity contribution in [1.29, 1.82) is 0 Å². The molecule has 2 heterocycles. The van der Waals surface area contributed by atoms with Crippen molar-refractivity contribution in [1.82, 2.24) is 9.80 Å². The molecular weight excluding hydrogens is 228 g/mol. The molecule has 0 aromatic rings. The molecular formula is C14H26N2O2. The van der Waals surface area contributed by atoms with Gasteiger partial charge in [-0.3, -0.25) is 9.69 Å². The van der Waals surface area contributed by atoms with Crippen molar-refractivity contribution in [2.75, 3.05) is 19.6 Å². The molecule has 2 fully saturated rings. The van der Waals surface area contributed by atoms with Crippen LogP contribution in [0.5, 0.6) is 0 Å². The molecule has 2 aliphatic rings. The maximum atomic E-state index is 10.8. The standard InChI is InChI=1S/C14H26N2O2/c1-11(2)16(9-6-14(17)18)13-5-8-15-7-3-4-12(15)10-13/h11-13H,3-10H2,1-2H3,(H,17,18). The summed E-state index contributed by atoms with van der Waals surface area (Å²) in [7, 11) is 0. The number of fused-ring (bicyclic) bond motifs is 1. The number of rotatable bonds is 5. The van der Waals surface area contributed by atoms with Crippen molar-refractivity contribution < 1.29 is 9.90 Å². The second-order valence-electron chi connectivity index (χ2n) is 5.99. The lowest BCUT2D eigenvalue weighted by Gasteiger charge is -2.42. The van der Waals surface area contributed by atoms with Crippen LogP contribution in [0, 0.1) is 0 Å². The number of hydrogen-bond acceptors (Lipinski definition) is 3. The number of hydrogen-bond donors (Lipinski definition) is 1. The summed E-state index contributed by atoms with van der Waals surface area (Å²) in [6.07, 6.45) is 5.38. The van der Waals surface area contributed by atoms with Crippen molar-refractivity contribution in [3.63, 3.8) is 0 Å². The van der Waals surface area contributed by atoms with Crippen molar-refractivity contribution in [2.24, 2.45) is 0 Å². The van der Waals surface area contributed by atoms with Crippen LogP contribution in [-0.2, 0) is 4.79 Å². The predicted molar refractivity (Wildman–Crippen MR) is 71.7 cm³/mol. The monoisotopic (exact) mass is 254 g/mol. The molecule has 4 heteroatoms. The minimum Gasteiger partial charge on any atom is -0.481 e. The van der Waals surface area contributed by atoms with E-state index >= 15 is 0 Å². The summed E-state index contributed by atoms with van der Waals surface area (Å²) in [6.45, 7) is 7.54. The molecule has 1 N–H and O–H groups in total. The highest BCUT2D eigenvalue weighted by molar-refractivity contribution is 5.66. The van der Waals surface area contributed by atoms with Gasteiger partial charge in [-0.1, -0.05) is 0 Å². The first-order valence-corrected chi connectivity index (χ1v) is 7.29. The number of aliphatic carboxylic acids is 1. The molecule has 18 heavy (non-hydrogen) atoms. The van der Waals surface area contributed by atoms with Crippen LogP contribution in [0.1, 0.15) is 46.0 Å². The van der Waals surface area contributed by atoms with Gasteiger partial charge in [0.25, 0.3) is 0 Å². The van der Waals surface area contributed by atoms with E-state index in [2.05, 4.69) is 23.6 Å². The van der Waals surface area contributed by atoms with Gasteiger partial charge in [-0.05, 0) is 52.6 Å². The average Bonchev–Trinajstić information content (AvgIpc) is 2.75. The van der Waals surface area contributed by atoms with Gasteiger partial charge in [0, 0.05) is 24.7 Å². The Morgan fingerprint density at radius 3 is 2.83 bits per heavy atom. The lowest BCUT2D eigenvalue weighted by atomic mass is 9.95. The van der Waals surface area contributed by atoms with Crippen LogP contribution >= 0.6 is 0 Å². The summed E-state index contributed by atoms with van der Waals surface area (Å²) >= 11 is 0. The summed E-state index contributed by atoms with van der Waals surface area (Å²) in [5, 5.41) is 8.86. The number of piperidine rings is 1. The Kier molecular flexibility index (Phi) is 4.62. The van der Waals surface area contributed by atoms with E-state index in [1.807, 2.05) is 0 Å². The summed E-state index contributed by atoms with van der Waals surface area (Å²) in [5.41, 5.74) is 0. The third-order valence-corrected chi connectivity index (χ3v) is 4.51. The number of carboxylic acid groups (broad SMARTS) is 1. The van der Waals surface area contributed by atoms with E-state index in [1.54, 1.807) is 0 Å². The van der Waals surface area contributed by atoms with Crippen LogP contribution in [0.25, 0.3) is 0 Å². The second-order valence-corrected chi connectivity index (χ2v) is 5.99. The van der Waals surface area contributed by atoms with Gasteiger partial charge in [-0.2, -0.15) is 0 Å². The van der Waals surface area contributed by atoms with E-state index in [9.17, 15) is 4.79 Å². The van der Waals surface area contributed by atoms with Crippen LogP contribution in [0.3, 0.4) is 0 Å². The summed E-state index contributed by atoms with van der Waals surface area (Å²) in [6, 6.07) is 1.79. The van der Waals surface area contributed by atoms with Crippen molar-refractivity contribution in [2.45, 2.75) is 64.1 Å². The Hall–Kier alpha value is -0.610. The molecule has 4 nitrogen and oxygen atoms in total. The molecule has 2 saturated heterocycles. The van der Waals surface area contributed by atoms with E-state index in [1.165, 1.54) is 38.8 Å². The molecule has 0 aliphatic carbocycles. The number of carboxylic acids is 1. The maximum absolute atomic E-state index is 10.8. The predicted octanol–water partition coefficient (Wildman–Crippen LogP) is 1.80. The van der Waals surface area contributed by atoms with E-state index in [4.69, 9.17) is 5.11 Å². The molecule has 0 saturated carbocycles. The highest BCUT2D eigenvalue weighted by atomic mass is 16.4. The second kappa shape index (κ2) is 6.02. The van der Waals surface area contributed by atoms with Gasteiger partial charge >= 0.3 is 5.97 Å². The van der Waals surface area contributed by atoms with Gasteiger partial charge < -0.3 is 10.0 Å². The van der Waals surface area contributed by atoms with Gasteiger partial charge in [0.05, 0.1) is 6.42 Å². The van der Waals surface area contributed by atoms with E-state index < -0.39 is 5.97 Å². The maximum Gasteiger partial charge on any atom is 0.304 e. The van der Waals surface area contributed by atoms with Gasteiger partial charge in [-0.25, -0.2) is 0 Å². The fraction of sp³-hybridized carbons (Fsp3) is 0.929. The highest BCUT2D eigenvalue weighted by Crippen LogP contribution is 2.30. The molecule has 0 radical (unpaired) electrons. The first-order chi connectivity index (χ1) is 8.58. The fourth-order valence-electron chi connectivity index (χ4n) is 3.59. The van der Waals surface area contributed by atoms with Crippen molar-refractivity contribution in [3.05, 3.63) is 0 Å². The van der Waals surface area contributed by atoms with Gasteiger partial charge in [0.15, 0.2) is 0 Å². The molecule has 0 spiro atoms. The lowest BCUT2D eigenvalue weighted by molar-refractivity contribution is -0.137. The number of nitrogens with zero attached hydrogens (tertiary/aromatic N) is 2. The first-order valence-electron chi connectivity index (χ1n) is 7.29. The van der Waals surface area contributed by atoms with Crippen molar-refractivity contribution >= 4 is 5.97 Å². The highest BCUT2D eigenvalue weighted by Gasteiger charge is 2.34. The molecule has 0 aromatic heterocycles. The number of carbonyl (C=O) groups is 1. The zero-order valence-electron chi connectivity index (χ0n) is 11.6. The molecule has 2 unspecified atom stereocenters. The smallest absolute Gasteiger partial charge is 0.304 e. The van der Waals surface area contributed by atoms with Gasteiger partial charge in [0.2, 0.25) is 0 Å². The van der Waals surface area contributed by atoms with Crippen molar-refractivity contribution in [3.8, 4) is 0 Å². The molecule has 2 atom stereocenters. The average molecular weight is 254 g/mol. The molecule has 2 aliphatic heterocycles. The van der Waals surface area contributed by atoms with Crippen LogP contribution < -0.4 is 0 Å². The van der Waals surface area contributed by atoms with E-state index in [0.29, 0.717) is 18.6 Å². The Morgan fingerprint density at radius 1 is 1.39 bits per heavy atom. The Balaban J connectivity index is 1.91. The third kappa shape index (κ3) is 3.23. The van der Waals surface area contributed by atoms with Crippen LogP contribution in [-0.4, -0.2) is 58.6 Å². The Morgan fingerprint density at radius 2 is 2.17 bits per heavy atom. The zero-order chi connectivity index (χ0) is 13.1. The summed E-state index contributed by atoms with van der Waals surface area (Å²) in [5.74, 6) is -0.682. The molecule has 0 aromatic carbocycles. The SMILES string of the molecule is CC(C)N(CCC(=O)O)C1CCN2CCCC2C1. The van der Waals surface area contributed by atoms with E-state index in [0.717, 1.165) is 6.04 Å². The Labute approximate surface area is 110 Å². The van der Waals surface area contributed by atoms with E-state index in [-0.39, 0.29) is 6.42 Å². The summed E-state index contributed by atoms with van der Waals surface area (Å²) in [4.78, 5) is 15.8. The minimum atomic E-state index is -0.682. The first kappa shape index (κ1) is 13.8. The topological polar surface area (TPSA) is 43.8 Å². The minimum absolute atomic E-state index is 0.267. The third-order valence-electron chi connectivity index (χ3n) is 4.51. The fourth-order valence-corrected chi connectivity index (χ4v) is 3.59. The van der Waals surface area contributed by atoms with Gasteiger partial charge in [0.1, 0.15) is 0 Å². The largest absolute Gasteiger partial charge is 0.481 e. The summed E-state index contributed by atoms with van der Waals surface area (Å²) < 4.78 is 0. The van der Waals surface area contributed by atoms with Crippen LogP contribution in [0.2, 0.25) is 0 Å². The molecule has 0 bridgehead atoms. The molecule has 2 rings (SSSR count). The normalized spacial score (nSPS) is 28.9. The van der Waals surface area contributed by atoms with Gasteiger partial charge in [-0.15, -0.1) is 0 Å². The molecule has 0 amide bonds. The quantitative estimate of drug-likeness (QED) is 0.812. The lowest BCUT2D eigenvalue weighted by Crippen LogP contribution is -2.50. The van der Waals surface area contributed by atoms with Crippen LogP contribution in [0.4, 0.5) is 0 Å². The Bertz CT molecular complexity index is 294. The van der Waals surface area contributed by atoms with Crippen LogP contribution in [0.15, 0.2) is 0 Å². The molecule has 104 valence electrons.